The molecule has 1 aromatic heterocycles. The molecule has 0 aliphatic carbocycles. The highest BCUT2D eigenvalue weighted by Crippen LogP contribution is 2.44. The van der Waals surface area contributed by atoms with Crippen LogP contribution in [0.1, 0.15) is 54.5 Å². The molecule has 3 heterocycles. The number of hydrogen-bond acceptors (Lipinski definition) is 5. The van der Waals surface area contributed by atoms with Gasteiger partial charge in [-0.15, -0.1) is 0 Å². The smallest absolute Gasteiger partial charge is 0.328 e. The molecule has 2 aliphatic heterocycles. The van der Waals surface area contributed by atoms with Crippen LogP contribution in [-0.4, -0.2) is 54.0 Å². The number of carbonyl (C=O) groups excluding carboxylic acids is 3. The molecule has 0 radical (unpaired) electrons. The molecule has 2 aromatic carbocycles. The highest BCUT2D eigenvalue weighted by atomic mass is 16.5. The van der Waals surface area contributed by atoms with Crippen molar-refractivity contribution < 1.29 is 19.1 Å². The highest BCUT2D eigenvalue weighted by molar-refractivity contribution is 6.02. The predicted octanol–water partition coefficient (Wildman–Crippen LogP) is 3.88. The molecule has 194 valence electrons. The Morgan fingerprint density at radius 2 is 1.84 bits per heavy atom. The Bertz CT molecular complexity index is 1360. The fourth-order valence-corrected chi connectivity index (χ4v) is 5.86. The maximum Gasteiger partial charge on any atom is 0.328 e. The van der Waals surface area contributed by atoms with Gasteiger partial charge in [0.2, 0.25) is 5.91 Å². The molecule has 0 fully saturated rings. The summed E-state index contributed by atoms with van der Waals surface area (Å²) in [7, 11) is 3.37. The number of benzene rings is 2. The van der Waals surface area contributed by atoms with E-state index in [0.29, 0.717) is 25.1 Å². The Kier molecular flexibility index (Phi) is 6.67. The molecule has 5 rings (SSSR count). The van der Waals surface area contributed by atoms with Crippen molar-refractivity contribution in [3.05, 3.63) is 65.4 Å². The molecule has 3 aromatic rings. The first-order valence-electron chi connectivity index (χ1n) is 12.9. The minimum atomic E-state index is -0.665. The van der Waals surface area contributed by atoms with E-state index in [9.17, 15) is 14.4 Å². The van der Waals surface area contributed by atoms with E-state index in [1.807, 2.05) is 62.2 Å². The van der Waals surface area contributed by atoms with Crippen molar-refractivity contribution >= 4 is 34.4 Å². The average molecular weight is 503 g/mol. The molecule has 2 atom stereocenters. The summed E-state index contributed by atoms with van der Waals surface area (Å²) in [5, 5.41) is 4.03. The quantitative estimate of drug-likeness (QED) is 0.496. The molecule has 0 saturated carbocycles. The minimum absolute atomic E-state index is 0.0357. The van der Waals surface area contributed by atoms with Crippen LogP contribution in [0.25, 0.3) is 10.9 Å². The van der Waals surface area contributed by atoms with Crippen LogP contribution < -0.4 is 10.2 Å². The Hall–Kier alpha value is -3.81. The molecule has 2 aliphatic rings. The second-order valence-corrected chi connectivity index (χ2v) is 10.3. The predicted molar refractivity (Wildman–Crippen MR) is 142 cm³/mol. The van der Waals surface area contributed by atoms with Gasteiger partial charge in [-0.05, 0) is 42.5 Å². The van der Waals surface area contributed by atoms with Crippen LogP contribution in [0.5, 0.6) is 0 Å². The fourth-order valence-electron chi connectivity index (χ4n) is 5.86. The number of para-hydroxylation sites is 2. The fraction of sp³-hybridized carbons (Fsp3) is 0.414. The number of esters is 1. The first-order chi connectivity index (χ1) is 17.8. The summed E-state index contributed by atoms with van der Waals surface area (Å²) >= 11 is 0. The standard InChI is InChI=1S/C29H34N4O4/c1-18(2)17-22(29(36)37-4)30-25(34)14-16-32-24-12-8-5-9-19(24)20-13-15-33-27(26(20)32)31(3)23-11-7-6-10-21(23)28(33)35/h5-12,18,22,27H,13-17H2,1-4H3,(H,30,34)/t22-,27?/m0/s1. The van der Waals surface area contributed by atoms with Crippen molar-refractivity contribution in [3.63, 3.8) is 0 Å². The first kappa shape index (κ1) is 24.9. The molecule has 2 amide bonds. The lowest BCUT2D eigenvalue weighted by Crippen LogP contribution is -2.51. The molecular formula is C29H34N4O4. The normalized spacial score (nSPS) is 17.3. The zero-order chi connectivity index (χ0) is 26.3. The Morgan fingerprint density at radius 1 is 1.11 bits per heavy atom. The summed E-state index contributed by atoms with van der Waals surface area (Å²) in [6.07, 6.45) is 1.22. The van der Waals surface area contributed by atoms with E-state index < -0.39 is 12.0 Å². The van der Waals surface area contributed by atoms with Gasteiger partial charge in [0, 0.05) is 37.5 Å². The van der Waals surface area contributed by atoms with E-state index in [1.54, 1.807) is 0 Å². The number of ether oxygens (including phenoxy) is 1. The highest BCUT2D eigenvalue weighted by Gasteiger charge is 2.42. The van der Waals surface area contributed by atoms with E-state index >= 15 is 0 Å². The van der Waals surface area contributed by atoms with Crippen molar-refractivity contribution in [1.82, 2.24) is 14.8 Å². The van der Waals surface area contributed by atoms with E-state index in [2.05, 4.69) is 26.9 Å². The molecule has 8 heteroatoms. The Morgan fingerprint density at radius 3 is 2.59 bits per heavy atom. The number of aromatic nitrogens is 1. The third-order valence-electron chi connectivity index (χ3n) is 7.50. The topological polar surface area (TPSA) is 83.9 Å². The van der Waals surface area contributed by atoms with Crippen LogP contribution in [0.3, 0.4) is 0 Å². The van der Waals surface area contributed by atoms with Crippen LogP contribution in [0, 0.1) is 5.92 Å². The maximum absolute atomic E-state index is 13.5. The van der Waals surface area contributed by atoms with Gasteiger partial charge in [-0.3, -0.25) is 9.59 Å². The monoisotopic (exact) mass is 502 g/mol. The summed E-state index contributed by atoms with van der Waals surface area (Å²) in [5.74, 6) is -0.359. The van der Waals surface area contributed by atoms with Gasteiger partial charge < -0.3 is 24.4 Å². The number of nitrogens with zero attached hydrogens (tertiary/aromatic N) is 3. The van der Waals surface area contributed by atoms with Crippen molar-refractivity contribution in [2.75, 3.05) is 25.6 Å². The van der Waals surface area contributed by atoms with Gasteiger partial charge in [0.1, 0.15) is 12.2 Å². The van der Waals surface area contributed by atoms with Crippen LogP contribution in [0.2, 0.25) is 0 Å². The van der Waals surface area contributed by atoms with Crippen molar-refractivity contribution in [3.8, 4) is 0 Å². The van der Waals surface area contributed by atoms with Gasteiger partial charge in [-0.25, -0.2) is 4.79 Å². The molecule has 0 spiro atoms. The Balaban J connectivity index is 1.49. The van der Waals surface area contributed by atoms with Gasteiger partial charge in [-0.1, -0.05) is 44.2 Å². The first-order valence-corrected chi connectivity index (χ1v) is 12.9. The molecular weight excluding hydrogens is 468 g/mol. The maximum atomic E-state index is 13.5. The van der Waals surface area contributed by atoms with Crippen LogP contribution in [-0.2, 0) is 27.3 Å². The summed E-state index contributed by atoms with van der Waals surface area (Å²) < 4.78 is 7.09. The number of fused-ring (bicyclic) bond motifs is 6. The van der Waals surface area contributed by atoms with Gasteiger partial charge in [0.05, 0.1) is 24.1 Å². The van der Waals surface area contributed by atoms with Crippen LogP contribution >= 0.6 is 0 Å². The summed E-state index contributed by atoms with van der Waals surface area (Å²) in [4.78, 5) is 42.8. The number of nitrogens with one attached hydrogen (secondary N) is 1. The van der Waals surface area contributed by atoms with Gasteiger partial charge in [0.15, 0.2) is 0 Å². The molecule has 1 unspecified atom stereocenters. The number of rotatable bonds is 7. The average Bonchev–Trinajstić information content (AvgIpc) is 3.22. The van der Waals surface area contributed by atoms with E-state index in [4.69, 9.17) is 4.74 Å². The second kappa shape index (κ2) is 9.92. The number of carbonyl (C=O) groups is 3. The third kappa shape index (κ3) is 4.34. The molecule has 0 saturated heterocycles. The summed E-state index contributed by atoms with van der Waals surface area (Å²) in [6, 6.07) is 15.3. The van der Waals surface area contributed by atoms with E-state index in [0.717, 1.165) is 28.7 Å². The van der Waals surface area contributed by atoms with Crippen molar-refractivity contribution in [2.45, 2.75) is 51.9 Å². The van der Waals surface area contributed by atoms with Gasteiger partial charge >= 0.3 is 5.97 Å². The summed E-state index contributed by atoms with van der Waals surface area (Å²) in [5.41, 5.74) is 4.95. The SMILES string of the molecule is COC(=O)[C@H](CC(C)C)NC(=O)CCn1c2c(c3ccccc31)CCN1C(=O)c3ccccc3N(C)C21. The lowest BCUT2D eigenvalue weighted by molar-refractivity contribution is -0.145. The number of methoxy groups -OCH3 is 1. The summed E-state index contributed by atoms with van der Waals surface area (Å²) in [6.45, 7) is 5.09. The lowest BCUT2D eigenvalue weighted by Gasteiger charge is -2.46. The van der Waals surface area contributed by atoms with Crippen LogP contribution in [0.15, 0.2) is 48.5 Å². The molecule has 8 nitrogen and oxygen atoms in total. The number of anilines is 1. The zero-order valence-corrected chi connectivity index (χ0v) is 21.9. The Labute approximate surface area is 217 Å². The molecule has 0 bridgehead atoms. The zero-order valence-electron chi connectivity index (χ0n) is 21.9. The minimum Gasteiger partial charge on any atom is -0.467 e. The van der Waals surface area contributed by atoms with Gasteiger partial charge in [-0.2, -0.15) is 0 Å². The van der Waals surface area contributed by atoms with Crippen molar-refractivity contribution in [2.24, 2.45) is 5.92 Å². The number of aryl methyl sites for hydroxylation is 1. The number of hydrogen-bond donors (Lipinski definition) is 1. The largest absolute Gasteiger partial charge is 0.467 e. The second-order valence-electron chi connectivity index (χ2n) is 10.3. The van der Waals surface area contributed by atoms with E-state index in [-0.39, 0.29) is 30.3 Å². The van der Waals surface area contributed by atoms with E-state index in [1.165, 1.54) is 12.7 Å². The number of amides is 2. The van der Waals surface area contributed by atoms with Crippen molar-refractivity contribution in [1.29, 1.82) is 0 Å². The molecule has 1 N–H and O–H groups in total. The van der Waals surface area contributed by atoms with Crippen LogP contribution in [0.4, 0.5) is 5.69 Å². The third-order valence-corrected chi connectivity index (χ3v) is 7.50. The van der Waals surface area contributed by atoms with Gasteiger partial charge in [0.25, 0.3) is 5.91 Å². The molecule has 37 heavy (non-hydrogen) atoms. The lowest BCUT2D eigenvalue weighted by atomic mass is 9.96.